The number of benzene rings is 1. The summed E-state index contributed by atoms with van der Waals surface area (Å²) in [6.45, 7) is 1.86. The number of aldehydes is 1. The molecule has 0 aliphatic rings. The minimum absolute atomic E-state index is 0.0708. The van der Waals surface area contributed by atoms with Crippen molar-refractivity contribution in [1.29, 1.82) is 0 Å². The Kier molecular flexibility index (Phi) is 4.55. The summed E-state index contributed by atoms with van der Waals surface area (Å²) in [6.07, 6.45) is 0.808. The van der Waals surface area contributed by atoms with Crippen molar-refractivity contribution >= 4 is 24.0 Å². The Balaban J connectivity index is 2.72. The van der Waals surface area contributed by atoms with Gasteiger partial charge in [-0.1, -0.05) is 12.1 Å². The summed E-state index contributed by atoms with van der Waals surface area (Å²) >= 11 is 1.46. The van der Waals surface area contributed by atoms with Gasteiger partial charge in [0.25, 0.3) is 0 Å². The van der Waals surface area contributed by atoms with E-state index in [1.165, 1.54) is 11.8 Å². The van der Waals surface area contributed by atoms with E-state index < -0.39 is 0 Å². The minimum atomic E-state index is -0.142. The summed E-state index contributed by atoms with van der Waals surface area (Å²) in [5.41, 5.74) is 0.634. The van der Waals surface area contributed by atoms with Crippen molar-refractivity contribution in [1.82, 2.24) is 4.90 Å². The lowest BCUT2D eigenvalue weighted by Gasteiger charge is -2.16. The second-order valence-corrected chi connectivity index (χ2v) is 5.10. The van der Waals surface area contributed by atoms with Gasteiger partial charge in [0.05, 0.1) is 5.25 Å². The maximum absolute atomic E-state index is 11.6. The monoisotopic (exact) mass is 237 g/mol. The first-order valence-electron chi connectivity index (χ1n) is 4.97. The average molecular weight is 237 g/mol. The molecule has 0 saturated carbocycles. The first-order chi connectivity index (χ1) is 7.54. The van der Waals surface area contributed by atoms with E-state index in [4.69, 9.17) is 0 Å². The third-order valence-corrected chi connectivity index (χ3v) is 3.18. The smallest absolute Gasteiger partial charge is 0.235 e. The quantitative estimate of drug-likeness (QED) is 0.594. The number of hydrogen-bond donors (Lipinski definition) is 0. The van der Waals surface area contributed by atoms with E-state index in [0.717, 1.165) is 11.2 Å². The molecule has 0 saturated heterocycles. The van der Waals surface area contributed by atoms with Crippen LogP contribution < -0.4 is 0 Å². The lowest BCUT2D eigenvalue weighted by molar-refractivity contribution is -0.127. The van der Waals surface area contributed by atoms with Crippen LogP contribution in [0.15, 0.2) is 29.2 Å². The van der Waals surface area contributed by atoms with Gasteiger partial charge in [0.1, 0.15) is 6.29 Å². The van der Waals surface area contributed by atoms with Crippen molar-refractivity contribution in [3.8, 4) is 0 Å². The Labute approximate surface area is 99.8 Å². The number of thioether (sulfide) groups is 1. The van der Waals surface area contributed by atoms with Gasteiger partial charge in [0, 0.05) is 24.6 Å². The molecule has 0 spiro atoms. The maximum atomic E-state index is 11.6. The molecule has 0 aromatic heterocycles. The van der Waals surface area contributed by atoms with Crippen LogP contribution in [0.4, 0.5) is 0 Å². The molecule has 1 aromatic carbocycles. The van der Waals surface area contributed by atoms with Gasteiger partial charge in [-0.3, -0.25) is 9.59 Å². The van der Waals surface area contributed by atoms with Gasteiger partial charge < -0.3 is 4.90 Å². The van der Waals surface area contributed by atoms with Crippen molar-refractivity contribution in [2.24, 2.45) is 0 Å². The van der Waals surface area contributed by atoms with Gasteiger partial charge >= 0.3 is 0 Å². The Bertz CT molecular complexity index is 390. The molecule has 1 rings (SSSR count). The van der Waals surface area contributed by atoms with Crippen LogP contribution >= 0.6 is 11.8 Å². The molecule has 86 valence electrons. The van der Waals surface area contributed by atoms with Gasteiger partial charge in [0.2, 0.25) is 5.91 Å². The number of carbonyl (C=O) groups excluding carboxylic acids is 2. The zero-order valence-corrected chi connectivity index (χ0v) is 10.5. The van der Waals surface area contributed by atoms with E-state index in [1.54, 1.807) is 31.1 Å². The predicted molar refractivity (Wildman–Crippen MR) is 65.8 cm³/mol. The van der Waals surface area contributed by atoms with E-state index in [9.17, 15) is 9.59 Å². The van der Waals surface area contributed by atoms with Crippen LogP contribution in [0.2, 0.25) is 0 Å². The average Bonchev–Trinajstić information content (AvgIpc) is 2.28. The molecule has 0 aliphatic heterocycles. The summed E-state index contributed by atoms with van der Waals surface area (Å²) in [4.78, 5) is 24.7. The Morgan fingerprint density at radius 1 is 1.44 bits per heavy atom. The minimum Gasteiger partial charge on any atom is -0.348 e. The molecule has 1 atom stereocenters. The van der Waals surface area contributed by atoms with Crippen molar-refractivity contribution in [3.63, 3.8) is 0 Å². The van der Waals surface area contributed by atoms with Crippen molar-refractivity contribution in [3.05, 3.63) is 29.8 Å². The fourth-order valence-corrected chi connectivity index (χ4v) is 2.36. The van der Waals surface area contributed by atoms with Crippen molar-refractivity contribution < 1.29 is 9.59 Å². The van der Waals surface area contributed by atoms with Crippen molar-refractivity contribution in [2.75, 3.05) is 14.1 Å². The van der Waals surface area contributed by atoms with Gasteiger partial charge in [-0.05, 0) is 19.1 Å². The molecule has 4 heteroatoms. The number of amides is 1. The third kappa shape index (κ3) is 3.38. The topological polar surface area (TPSA) is 37.4 Å². The highest BCUT2D eigenvalue weighted by atomic mass is 32.2. The SMILES string of the molecule is CC(Sc1cccc(C=O)c1)C(=O)N(C)C. The van der Waals surface area contributed by atoms with E-state index in [2.05, 4.69) is 0 Å². The Morgan fingerprint density at radius 2 is 2.12 bits per heavy atom. The number of rotatable bonds is 4. The molecular weight excluding hydrogens is 222 g/mol. The van der Waals surface area contributed by atoms with E-state index in [1.807, 2.05) is 19.1 Å². The molecular formula is C12H15NO2S. The van der Waals surface area contributed by atoms with Crippen LogP contribution in [-0.4, -0.2) is 36.4 Å². The summed E-state index contributed by atoms with van der Waals surface area (Å²) in [5.74, 6) is 0.0708. The van der Waals surface area contributed by atoms with E-state index >= 15 is 0 Å². The number of hydrogen-bond acceptors (Lipinski definition) is 3. The largest absolute Gasteiger partial charge is 0.348 e. The van der Waals surface area contributed by atoms with Crippen LogP contribution in [0.1, 0.15) is 17.3 Å². The summed E-state index contributed by atoms with van der Waals surface area (Å²) in [6, 6.07) is 7.25. The standard InChI is InChI=1S/C12H15NO2S/c1-9(12(15)13(2)3)16-11-6-4-5-10(7-11)8-14/h4-9H,1-3H3. The first-order valence-corrected chi connectivity index (χ1v) is 5.85. The Hall–Kier alpha value is -1.29. The highest BCUT2D eigenvalue weighted by Gasteiger charge is 2.15. The van der Waals surface area contributed by atoms with Crippen LogP contribution in [0, 0.1) is 0 Å². The van der Waals surface area contributed by atoms with Gasteiger partial charge in [-0.15, -0.1) is 11.8 Å². The van der Waals surface area contributed by atoms with Crippen molar-refractivity contribution in [2.45, 2.75) is 17.1 Å². The normalized spacial score (nSPS) is 11.9. The molecule has 0 heterocycles. The zero-order chi connectivity index (χ0) is 12.1. The fourth-order valence-electron chi connectivity index (χ4n) is 1.28. The molecule has 1 amide bonds. The molecule has 0 fully saturated rings. The second kappa shape index (κ2) is 5.70. The maximum Gasteiger partial charge on any atom is 0.235 e. The summed E-state index contributed by atoms with van der Waals surface area (Å²) < 4.78 is 0. The highest BCUT2D eigenvalue weighted by molar-refractivity contribution is 8.00. The van der Waals surface area contributed by atoms with Crippen LogP contribution in [0.5, 0.6) is 0 Å². The lowest BCUT2D eigenvalue weighted by atomic mass is 10.2. The third-order valence-electron chi connectivity index (χ3n) is 2.10. The van der Waals surface area contributed by atoms with Gasteiger partial charge in [-0.2, -0.15) is 0 Å². The number of nitrogens with zero attached hydrogens (tertiary/aromatic N) is 1. The molecule has 0 bridgehead atoms. The highest BCUT2D eigenvalue weighted by Crippen LogP contribution is 2.24. The van der Waals surface area contributed by atoms with Gasteiger partial charge in [-0.25, -0.2) is 0 Å². The first kappa shape index (κ1) is 12.8. The summed E-state index contributed by atoms with van der Waals surface area (Å²) in [7, 11) is 3.47. The van der Waals surface area contributed by atoms with Crippen LogP contribution in [-0.2, 0) is 4.79 Å². The van der Waals surface area contributed by atoms with Gasteiger partial charge in [0.15, 0.2) is 0 Å². The zero-order valence-electron chi connectivity index (χ0n) is 9.64. The van der Waals surface area contributed by atoms with Crippen LogP contribution in [0.25, 0.3) is 0 Å². The van der Waals surface area contributed by atoms with E-state index in [-0.39, 0.29) is 11.2 Å². The lowest BCUT2D eigenvalue weighted by Crippen LogP contribution is -2.29. The van der Waals surface area contributed by atoms with E-state index in [0.29, 0.717) is 5.56 Å². The molecule has 1 aromatic rings. The molecule has 0 aliphatic carbocycles. The molecule has 0 N–H and O–H groups in total. The predicted octanol–water partition coefficient (Wildman–Crippen LogP) is 2.07. The second-order valence-electron chi connectivity index (χ2n) is 3.68. The Morgan fingerprint density at radius 3 is 2.69 bits per heavy atom. The van der Waals surface area contributed by atoms with Crippen LogP contribution in [0.3, 0.4) is 0 Å². The fraction of sp³-hybridized carbons (Fsp3) is 0.333. The number of carbonyl (C=O) groups is 2. The summed E-state index contributed by atoms with van der Waals surface area (Å²) in [5, 5.41) is -0.142. The molecule has 1 unspecified atom stereocenters. The molecule has 16 heavy (non-hydrogen) atoms. The molecule has 0 radical (unpaired) electrons. The molecule has 3 nitrogen and oxygen atoms in total.